The normalized spacial score (nSPS) is 25.1. The van der Waals surface area contributed by atoms with E-state index < -0.39 is 0 Å². The number of nitrogens with zero attached hydrogens (tertiary/aromatic N) is 5. The molecule has 2 fully saturated rings. The first-order valence-electron chi connectivity index (χ1n) is 9.05. The summed E-state index contributed by atoms with van der Waals surface area (Å²) >= 11 is 0. The van der Waals surface area contributed by atoms with Crippen LogP contribution in [0.2, 0.25) is 0 Å². The summed E-state index contributed by atoms with van der Waals surface area (Å²) in [5.41, 5.74) is 1.04. The molecule has 134 valence electrons. The number of hydrogen-bond acceptors (Lipinski definition) is 6. The first-order valence-corrected chi connectivity index (χ1v) is 9.05. The van der Waals surface area contributed by atoms with Crippen molar-refractivity contribution in [2.75, 3.05) is 63.3 Å². The molecule has 1 aromatic rings. The van der Waals surface area contributed by atoms with Crippen molar-refractivity contribution in [2.24, 2.45) is 11.8 Å². The lowest BCUT2D eigenvalue weighted by Crippen LogP contribution is -2.38. The van der Waals surface area contributed by atoms with E-state index in [2.05, 4.69) is 60.6 Å². The van der Waals surface area contributed by atoms with Crippen LogP contribution in [0.5, 0.6) is 0 Å². The zero-order valence-electron chi connectivity index (χ0n) is 15.7. The van der Waals surface area contributed by atoms with Crippen LogP contribution in [0.25, 0.3) is 0 Å². The van der Waals surface area contributed by atoms with Crippen molar-refractivity contribution in [1.82, 2.24) is 14.9 Å². The molecule has 0 N–H and O–H groups in total. The summed E-state index contributed by atoms with van der Waals surface area (Å²) in [6, 6.07) is 2.70. The van der Waals surface area contributed by atoms with E-state index >= 15 is 0 Å². The maximum Gasteiger partial charge on any atom is 0.227 e. The van der Waals surface area contributed by atoms with Crippen molar-refractivity contribution in [2.45, 2.75) is 26.8 Å². The maximum atomic E-state index is 5.45. The van der Waals surface area contributed by atoms with Gasteiger partial charge in [-0.2, -0.15) is 4.98 Å². The van der Waals surface area contributed by atoms with Gasteiger partial charge < -0.3 is 19.4 Å². The lowest BCUT2D eigenvalue weighted by molar-refractivity contribution is 0.122. The van der Waals surface area contributed by atoms with E-state index in [1.807, 2.05) is 0 Å². The minimum atomic E-state index is 0.576. The number of ether oxygens (including phenoxy) is 1. The first-order chi connectivity index (χ1) is 11.5. The fourth-order valence-electron chi connectivity index (χ4n) is 3.80. The number of rotatable bonds is 4. The predicted octanol–water partition coefficient (Wildman–Crippen LogP) is 1.64. The Balaban J connectivity index is 1.82. The van der Waals surface area contributed by atoms with Gasteiger partial charge in [-0.3, -0.25) is 0 Å². The van der Waals surface area contributed by atoms with E-state index in [0.29, 0.717) is 17.9 Å². The van der Waals surface area contributed by atoms with E-state index in [1.54, 1.807) is 0 Å². The number of likely N-dealkylation sites (N-methyl/N-ethyl adjacent to an activating group) is 1. The summed E-state index contributed by atoms with van der Waals surface area (Å²) < 4.78 is 5.45. The molecule has 0 saturated carbocycles. The van der Waals surface area contributed by atoms with Gasteiger partial charge in [-0.05, 0) is 32.9 Å². The molecule has 0 radical (unpaired) electrons. The Kier molecular flexibility index (Phi) is 5.25. The second kappa shape index (κ2) is 7.23. The Labute approximate surface area is 145 Å². The zero-order chi connectivity index (χ0) is 17.3. The molecule has 0 unspecified atom stereocenters. The molecule has 2 saturated heterocycles. The van der Waals surface area contributed by atoms with Gasteiger partial charge in [0.15, 0.2) is 0 Å². The van der Waals surface area contributed by atoms with E-state index in [-0.39, 0.29) is 0 Å². The molecular formula is C18H31N5O. The van der Waals surface area contributed by atoms with Crippen molar-refractivity contribution >= 4 is 11.8 Å². The Morgan fingerprint density at radius 2 is 1.83 bits per heavy atom. The summed E-state index contributed by atoms with van der Waals surface area (Å²) in [6.07, 6.45) is 0. The Morgan fingerprint density at radius 1 is 1.12 bits per heavy atom. The monoisotopic (exact) mass is 333 g/mol. The molecule has 0 spiro atoms. The summed E-state index contributed by atoms with van der Waals surface area (Å²) in [7, 11) is 4.38. The third-order valence-electron chi connectivity index (χ3n) is 5.30. The quantitative estimate of drug-likeness (QED) is 0.835. The maximum absolute atomic E-state index is 5.45. The number of hydrogen-bond donors (Lipinski definition) is 0. The van der Waals surface area contributed by atoms with Crippen LogP contribution in [0.15, 0.2) is 6.07 Å². The minimum Gasteiger partial charge on any atom is -0.378 e. The van der Waals surface area contributed by atoms with Crippen LogP contribution in [0.3, 0.4) is 0 Å². The molecule has 6 heteroatoms. The van der Waals surface area contributed by atoms with Crippen LogP contribution in [-0.2, 0) is 4.74 Å². The van der Waals surface area contributed by atoms with Crippen molar-refractivity contribution < 1.29 is 4.74 Å². The average Bonchev–Trinajstić information content (AvgIpc) is 3.01. The van der Waals surface area contributed by atoms with Gasteiger partial charge in [0.1, 0.15) is 5.82 Å². The van der Waals surface area contributed by atoms with Crippen LogP contribution in [0.1, 0.15) is 19.5 Å². The molecule has 2 aliphatic rings. The van der Waals surface area contributed by atoms with Crippen molar-refractivity contribution in [3.8, 4) is 0 Å². The SMILES string of the molecule is Cc1cc(N2C[C@H](C(C)C)[C@@H](N(C)C)C2)nc(N2CCOCC2)n1. The molecule has 24 heavy (non-hydrogen) atoms. The smallest absolute Gasteiger partial charge is 0.227 e. The molecule has 0 aromatic carbocycles. The van der Waals surface area contributed by atoms with Crippen LogP contribution in [0.4, 0.5) is 11.8 Å². The summed E-state index contributed by atoms with van der Waals surface area (Å²) in [6.45, 7) is 12.1. The molecule has 6 nitrogen and oxygen atoms in total. The average molecular weight is 333 g/mol. The van der Waals surface area contributed by atoms with Crippen molar-refractivity contribution in [1.29, 1.82) is 0 Å². The molecular weight excluding hydrogens is 302 g/mol. The highest BCUT2D eigenvalue weighted by molar-refractivity contribution is 5.47. The lowest BCUT2D eigenvalue weighted by atomic mass is 9.91. The highest BCUT2D eigenvalue weighted by atomic mass is 16.5. The van der Waals surface area contributed by atoms with E-state index in [4.69, 9.17) is 9.72 Å². The standard InChI is InChI=1S/C18H31N5O/c1-13(2)15-11-23(12-16(15)21(4)5)17-10-14(3)19-18(20-17)22-6-8-24-9-7-22/h10,13,15-16H,6-9,11-12H2,1-5H3/t15-,16+/m1/s1. The van der Waals surface area contributed by atoms with E-state index in [1.165, 1.54) is 0 Å². The summed E-state index contributed by atoms with van der Waals surface area (Å²) in [4.78, 5) is 16.6. The molecule has 0 amide bonds. The van der Waals surface area contributed by atoms with Crippen molar-refractivity contribution in [3.63, 3.8) is 0 Å². The van der Waals surface area contributed by atoms with Crippen LogP contribution < -0.4 is 9.80 Å². The molecule has 2 aliphatic heterocycles. The third kappa shape index (κ3) is 3.64. The highest BCUT2D eigenvalue weighted by Gasteiger charge is 2.36. The van der Waals surface area contributed by atoms with Gasteiger partial charge in [0, 0.05) is 44.0 Å². The second-order valence-electron chi connectivity index (χ2n) is 7.61. The number of morpholine rings is 1. The Morgan fingerprint density at radius 3 is 2.42 bits per heavy atom. The van der Waals surface area contributed by atoms with Crippen molar-refractivity contribution in [3.05, 3.63) is 11.8 Å². The highest BCUT2D eigenvalue weighted by Crippen LogP contribution is 2.31. The van der Waals surface area contributed by atoms with Gasteiger partial charge in [-0.15, -0.1) is 0 Å². The van der Waals surface area contributed by atoms with E-state index in [0.717, 1.165) is 56.9 Å². The molecule has 3 heterocycles. The van der Waals surface area contributed by atoms with Gasteiger partial charge in [0.2, 0.25) is 5.95 Å². The third-order valence-corrected chi connectivity index (χ3v) is 5.30. The summed E-state index contributed by atoms with van der Waals surface area (Å²) in [5.74, 6) is 3.26. The largest absolute Gasteiger partial charge is 0.378 e. The van der Waals surface area contributed by atoms with Gasteiger partial charge >= 0.3 is 0 Å². The van der Waals surface area contributed by atoms with Crippen LogP contribution in [-0.4, -0.2) is 74.4 Å². The number of aromatic nitrogens is 2. The van der Waals surface area contributed by atoms with Gasteiger partial charge in [-0.25, -0.2) is 4.98 Å². The molecule has 2 atom stereocenters. The van der Waals surface area contributed by atoms with Crippen LogP contribution in [0, 0.1) is 18.8 Å². The van der Waals surface area contributed by atoms with Gasteiger partial charge in [0.05, 0.1) is 13.2 Å². The predicted molar refractivity (Wildman–Crippen MR) is 97.8 cm³/mol. The molecule has 3 rings (SSSR count). The topological polar surface area (TPSA) is 44.7 Å². The molecule has 0 aliphatic carbocycles. The molecule has 0 bridgehead atoms. The fraction of sp³-hybridized carbons (Fsp3) is 0.778. The fourth-order valence-corrected chi connectivity index (χ4v) is 3.80. The zero-order valence-corrected chi connectivity index (χ0v) is 15.7. The van der Waals surface area contributed by atoms with Gasteiger partial charge in [-0.1, -0.05) is 13.8 Å². The number of anilines is 2. The Hall–Kier alpha value is -1.40. The lowest BCUT2D eigenvalue weighted by Gasteiger charge is -2.28. The number of aryl methyl sites for hydroxylation is 1. The minimum absolute atomic E-state index is 0.576. The van der Waals surface area contributed by atoms with E-state index in [9.17, 15) is 0 Å². The molecule has 1 aromatic heterocycles. The Bertz CT molecular complexity index is 540. The first kappa shape index (κ1) is 17.4. The van der Waals surface area contributed by atoms with Gasteiger partial charge in [0.25, 0.3) is 0 Å². The summed E-state index contributed by atoms with van der Waals surface area (Å²) in [5, 5.41) is 0. The van der Waals surface area contributed by atoms with Crippen LogP contribution >= 0.6 is 0 Å². The second-order valence-corrected chi connectivity index (χ2v) is 7.61.